The second kappa shape index (κ2) is 5.70. The van der Waals surface area contributed by atoms with Gasteiger partial charge in [0.25, 0.3) is 0 Å². The summed E-state index contributed by atoms with van der Waals surface area (Å²) in [7, 11) is 1.17. The zero-order valence-electron chi connectivity index (χ0n) is 8.87. The summed E-state index contributed by atoms with van der Waals surface area (Å²) < 4.78 is 4.36. The van der Waals surface area contributed by atoms with Gasteiger partial charge in [0.15, 0.2) is 5.78 Å². The maximum Gasteiger partial charge on any atom is 0.354 e. The average Bonchev–Trinajstić information content (AvgIpc) is 2.31. The third-order valence-electron chi connectivity index (χ3n) is 1.92. The van der Waals surface area contributed by atoms with Crippen molar-refractivity contribution >= 4 is 35.0 Å². The van der Waals surface area contributed by atoms with Gasteiger partial charge < -0.3 is 10.5 Å². The number of hydrogen-bond acceptors (Lipinski definition) is 4. The number of halogens is 2. The number of carbonyl (C=O) groups excluding carboxylic acids is 2. The molecule has 0 heterocycles. The standard InChI is InChI=1S/C11H9Cl2NO3/c1-17-11(16)8(14)5-9(15)6-3-2-4-7(12)10(6)13/h2-5H,14H2,1H3/b8-5-. The molecule has 1 aromatic rings. The van der Waals surface area contributed by atoms with E-state index in [1.54, 1.807) is 12.1 Å². The molecule has 1 rings (SSSR count). The summed E-state index contributed by atoms with van der Waals surface area (Å²) in [6, 6.07) is 4.61. The highest BCUT2D eigenvalue weighted by molar-refractivity contribution is 6.44. The summed E-state index contributed by atoms with van der Waals surface area (Å²) >= 11 is 11.6. The first kappa shape index (κ1) is 13.5. The molecule has 1 aromatic carbocycles. The van der Waals surface area contributed by atoms with E-state index in [2.05, 4.69) is 4.74 Å². The Balaban J connectivity index is 3.06. The SMILES string of the molecule is COC(=O)/C(N)=C/C(=O)c1cccc(Cl)c1Cl. The lowest BCUT2D eigenvalue weighted by Gasteiger charge is -2.02. The summed E-state index contributed by atoms with van der Waals surface area (Å²) in [5.74, 6) is -1.29. The van der Waals surface area contributed by atoms with Gasteiger partial charge in [-0.15, -0.1) is 0 Å². The molecular formula is C11H9Cl2NO3. The van der Waals surface area contributed by atoms with Crippen LogP contribution in [0.15, 0.2) is 30.0 Å². The number of hydrogen-bond donors (Lipinski definition) is 1. The minimum Gasteiger partial charge on any atom is -0.464 e. The van der Waals surface area contributed by atoms with Crippen molar-refractivity contribution in [1.82, 2.24) is 0 Å². The largest absolute Gasteiger partial charge is 0.464 e. The predicted octanol–water partition coefficient (Wildman–Crippen LogP) is 2.19. The van der Waals surface area contributed by atoms with Crippen molar-refractivity contribution in [1.29, 1.82) is 0 Å². The van der Waals surface area contributed by atoms with Gasteiger partial charge in [-0.25, -0.2) is 4.79 Å². The smallest absolute Gasteiger partial charge is 0.354 e. The number of allylic oxidation sites excluding steroid dienone is 1. The van der Waals surface area contributed by atoms with Crippen LogP contribution < -0.4 is 5.73 Å². The zero-order valence-corrected chi connectivity index (χ0v) is 10.4. The molecule has 0 radical (unpaired) electrons. The first-order chi connectivity index (χ1) is 7.97. The summed E-state index contributed by atoms with van der Waals surface area (Å²) in [6.07, 6.45) is 0.948. The van der Waals surface area contributed by atoms with Crippen LogP contribution >= 0.6 is 23.2 Å². The van der Waals surface area contributed by atoms with Crippen molar-refractivity contribution < 1.29 is 14.3 Å². The van der Waals surface area contributed by atoms with E-state index in [1.165, 1.54) is 13.2 Å². The number of ketones is 1. The molecule has 0 bridgehead atoms. The van der Waals surface area contributed by atoms with Gasteiger partial charge in [-0.2, -0.15) is 0 Å². The van der Waals surface area contributed by atoms with Crippen LogP contribution in [0.1, 0.15) is 10.4 Å². The molecule has 0 saturated heterocycles. The first-order valence-corrected chi connectivity index (χ1v) is 5.26. The molecule has 4 nitrogen and oxygen atoms in total. The Hall–Kier alpha value is -1.52. The van der Waals surface area contributed by atoms with Gasteiger partial charge in [-0.3, -0.25) is 4.79 Å². The van der Waals surface area contributed by atoms with E-state index in [0.717, 1.165) is 6.08 Å². The van der Waals surface area contributed by atoms with E-state index in [-0.39, 0.29) is 21.3 Å². The summed E-state index contributed by atoms with van der Waals surface area (Å²) in [5, 5.41) is 0.371. The van der Waals surface area contributed by atoms with Crippen molar-refractivity contribution in [2.75, 3.05) is 7.11 Å². The van der Waals surface area contributed by atoms with Crippen LogP contribution in [0.3, 0.4) is 0 Å². The van der Waals surface area contributed by atoms with Crippen LogP contribution in [-0.4, -0.2) is 18.9 Å². The molecular weight excluding hydrogens is 265 g/mol. The van der Waals surface area contributed by atoms with E-state index in [1.807, 2.05) is 0 Å². The maximum atomic E-state index is 11.7. The van der Waals surface area contributed by atoms with Crippen molar-refractivity contribution in [3.05, 3.63) is 45.6 Å². The van der Waals surface area contributed by atoms with Crippen molar-refractivity contribution in [3.8, 4) is 0 Å². The minimum atomic E-state index is -0.781. The molecule has 0 aromatic heterocycles. The van der Waals surface area contributed by atoms with Crippen molar-refractivity contribution in [2.24, 2.45) is 5.73 Å². The fourth-order valence-electron chi connectivity index (χ4n) is 1.09. The molecule has 2 N–H and O–H groups in total. The van der Waals surface area contributed by atoms with E-state index in [4.69, 9.17) is 28.9 Å². The van der Waals surface area contributed by atoms with Crippen LogP contribution in [0, 0.1) is 0 Å². The molecule has 0 aliphatic carbocycles. The lowest BCUT2D eigenvalue weighted by molar-refractivity contribution is -0.136. The lowest BCUT2D eigenvalue weighted by Crippen LogP contribution is -2.14. The molecule has 0 atom stereocenters. The summed E-state index contributed by atoms with van der Waals surface area (Å²) in [4.78, 5) is 22.7. The average molecular weight is 274 g/mol. The zero-order chi connectivity index (χ0) is 13.0. The Morgan fingerprint density at radius 2 is 2.00 bits per heavy atom. The Morgan fingerprint density at radius 1 is 1.35 bits per heavy atom. The van der Waals surface area contributed by atoms with Crippen LogP contribution in [0.2, 0.25) is 10.0 Å². The van der Waals surface area contributed by atoms with Crippen LogP contribution in [0.25, 0.3) is 0 Å². The summed E-state index contributed by atoms with van der Waals surface area (Å²) in [6.45, 7) is 0. The molecule has 0 unspecified atom stereocenters. The molecule has 0 aliphatic heterocycles. The number of esters is 1. The molecule has 17 heavy (non-hydrogen) atoms. The van der Waals surface area contributed by atoms with Crippen LogP contribution in [-0.2, 0) is 9.53 Å². The minimum absolute atomic E-state index is 0.119. The Bertz CT molecular complexity index is 497. The van der Waals surface area contributed by atoms with Gasteiger partial charge in [0.2, 0.25) is 0 Å². The van der Waals surface area contributed by atoms with Gasteiger partial charge in [0.05, 0.1) is 17.2 Å². The van der Waals surface area contributed by atoms with Crippen LogP contribution in [0.4, 0.5) is 0 Å². The lowest BCUT2D eigenvalue weighted by atomic mass is 10.1. The number of rotatable bonds is 3. The fourth-order valence-corrected chi connectivity index (χ4v) is 1.48. The van der Waals surface area contributed by atoms with E-state index in [0.29, 0.717) is 0 Å². The predicted molar refractivity (Wildman–Crippen MR) is 65.1 cm³/mol. The highest BCUT2D eigenvalue weighted by Gasteiger charge is 2.13. The third-order valence-corrected chi connectivity index (χ3v) is 2.74. The van der Waals surface area contributed by atoms with E-state index < -0.39 is 11.8 Å². The van der Waals surface area contributed by atoms with Gasteiger partial charge in [-0.1, -0.05) is 29.3 Å². The molecule has 0 spiro atoms. The maximum absolute atomic E-state index is 11.7. The van der Waals surface area contributed by atoms with E-state index >= 15 is 0 Å². The molecule has 0 fully saturated rings. The molecule has 0 aliphatic rings. The van der Waals surface area contributed by atoms with Gasteiger partial charge in [0.1, 0.15) is 5.70 Å². The van der Waals surface area contributed by atoms with Crippen molar-refractivity contribution in [3.63, 3.8) is 0 Å². The molecule has 0 amide bonds. The first-order valence-electron chi connectivity index (χ1n) is 4.51. The van der Waals surface area contributed by atoms with Crippen LogP contribution in [0.5, 0.6) is 0 Å². The number of methoxy groups -OCH3 is 1. The normalized spacial score (nSPS) is 11.1. The fraction of sp³-hybridized carbons (Fsp3) is 0.0909. The number of ether oxygens (including phenoxy) is 1. The second-order valence-corrected chi connectivity index (χ2v) is 3.84. The molecule has 6 heteroatoms. The Kier molecular flexibility index (Phi) is 4.54. The van der Waals surface area contributed by atoms with Gasteiger partial charge >= 0.3 is 5.97 Å². The highest BCUT2D eigenvalue weighted by atomic mass is 35.5. The summed E-state index contributed by atoms with van der Waals surface area (Å²) in [5.41, 5.74) is 5.22. The monoisotopic (exact) mass is 273 g/mol. The van der Waals surface area contributed by atoms with Gasteiger partial charge in [-0.05, 0) is 12.1 Å². The Morgan fingerprint density at radius 3 is 2.59 bits per heavy atom. The quantitative estimate of drug-likeness (QED) is 0.521. The van der Waals surface area contributed by atoms with Gasteiger partial charge in [0, 0.05) is 11.6 Å². The topological polar surface area (TPSA) is 69.4 Å². The molecule has 0 saturated carbocycles. The highest BCUT2D eigenvalue weighted by Crippen LogP contribution is 2.26. The molecule has 90 valence electrons. The number of nitrogens with two attached hydrogens (primary N) is 1. The van der Waals surface area contributed by atoms with E-state index in [9.17, 15) is 9.59 Å². The Labute approximate surface area is 108 Å². The second-order valence-electron chi connectivity index (χ2n) is 3.06. The van der Waals surface area contributed by atoms with Crippen molar-refractivity contribution in [2.45, 2.75) is 0 Å². The third kappa shape index (κ3) is 3.22. The number of benzene rings is 1. The number of carbonyl (C=O) groups is 2.